The number of aromatic nitrogens is 4. The highest BCUT2D eigenvalue weighted by molar-refractivity contribution is 5.78. The highest BCUT2D eigenvalue weighted by Crippen LogP contribution is 2.22. The summed E-state index contributed by atoms with van der Waals surface area (Å²) in [5.41, 5.74) is 8.73. The maximum Gasteiger partial charge on any atom is 0.221 e. The number of para-hydroxylation sites is 3. The number of anilines is 2. The molecule has 6 heteroatoms. The van der Waals surface area contributed by atoms with Crippen molar-refractivity contribution in [2.45, 2.75) is 6.54 Å². The van der Waals surface area contributed by atoms with Gasteiger partial charge in [0.05, 0.1) is 17.6 Å². The van der Waals surface area contributed by atoms with E-state index >= 15 is 0 Å². The Bertz CT molecular complexity index is 977. The molecule has 2 aromatic heterocycles. The number of hydrogen-bond donors (Lipinski definition) is 2. The number of nitrogens with one attached hydrogen (secondary N) is 1. The number of nitrogens with two attached hydrogens (primary N) is 1. The summed E-state index contributed by atoms with van der Waals surface area (Å²) in [6, 6.07) is 20.1. The first-order chi connectivity index (χ1) is 11.8. The molecular formula is C18H16N6. The Morgan fingerprint density at radius 3 is 2.54 bits per heavy atom. The second-order valence-electron chi connectivity index (χ2n) is 5.34. The van der Waals surface area contributed by atoms with Gasteiger partial charge in [0.15, 0.2) is 0 Å². The Morgan fingerprint density at radius 1 is 0.917 bits per heavy atom. The van der Waals surface area contributed by atoms with Crippen LogP contribution in [0.5, 0.6) is 0 Å². The van der Waals surface area contributed by atoms with Crippen molar-refractivity contribution in [1.29, 1.82) is 0 Å². The molecule has 4 aromatic rings. The average Bonchev–Trinajstić information content (AvgIpc) is 2.99. The zero-order valence-corrected chi connectivity index (χ0v) is 12.9. The van der Waals surface area contributed by atoms with Crippen LogP contribution in [0.1, 0.15) is 5.82 Å². The van der Waals surface area contributed by atoms with Crippen LogP contribution in [0, 0.1) is 0 Å². The first-order valence-corrected chi connectivity index (χ1v) is 7.65. The van der Waals surface area contributed by atoms with Gasteiger partial charge in [0.1, 0.15) is 11.6 Å². The number of nitrogens with zero attached hydrogens (tertiary/aromatic N) is 4. The molecule has 2 aromatic carbocycles. The normalized spacial score (nSPS) is 10.8. The van der Waals surface area contributed by atoms with Crippen LogP contribution in [-0.2, 0) is 6.54 Å². The lowest BCUT2D eigenvalue weighted by atomic mass is 10.3. The standard InChI is InChI=1S/C18H16N6/c19-18-20-11-10-16(23-18)21-12-17-22-14-8-4-5-9-15(14)24(17)13-6-2-1-3-7-13/h1-11H,12H2,(H3,19,20,21,23). The Balaban J connectivity index is 1.74. The van der Waals surface area contributed by atoms with E-state index in [2.05, 4.69) is 38.1 Å². The van der Waals surface area contributed by atoms with Crippen LogP contribution in [0.3, 0.4) is 0 Å². The fourth-order valence-electron chi connectivity index (χ4n) is 2.70. The second kappa shape index (κ2) is 6.00. The van der Waals surface area contributed by atoms with E-state index in [0.29, 0.717) is 12.4 Å². The van der Waals surface area contributed by atoms with Gasteiger partial charge in [-0.15, -0.1) is 0 Å². The minimum absolute atomic E-state index is 0.247. The van der Waals surface area contributed by atoms with E-state index in [4.69, 9.17) is 10.7 Å². The Labute approximate surface area is 139 Å². The Kier molecular flexibility index (Phi) is 3.55. The van der Waals surface area contributed by atoms with Gasteiger partial charge in [0.2, 0.25) is 5.95 Å². The third-order valence-corrected chi connectivity index (χ3v) is 3.75. The fraction of sp³-hybridized carbons (Fsp3) is 0.0556. The van der Waals surface area contributed by atoms with Gasteiger partial charge < -0.3 is 11.1 Å². The van der Waals surface area contributed by atoms with Crippen LogP contribution in [0.4, 0.5) is 11.8 Å². The van der Waals surface area contributed by atoms with Gasteiger partial charge >= 0.3 is 0 Å². The third kappa shape index (κ3) is 2.65. The molecule has 118 valence electrons. The zero-order chi connectivity index (χ0) is 16.4. The molecule has 0 saturated carbocycles. The van der Waals surface area contributed by atoms with E-state index in [1.165, 1.54) is 0 Å². The molecule has 0 bridgehead atoms. The molecule has 2 heterocycles. The van der Waals surface area contributed by atoms with Crippen LogP contribution in [0.15, 0.2) is 66.9 Å². The van der Waals surface area contributed by atoms with Crippen molar-refractivity contribution < 1.29 is 0 Å². The van der Waals surface area contributed by atoms with Gasteiger partial charge in [0.25, 0.3) is 0 Å². The monoisotopic (exact) mass is 316 g/mol. The number of hydrogen-bond acceptors (Lipinski definition) is 5. The van der Waals surface area contributed by atoms with Crippen LogP contribution in [0.2, 0.25) is 0 Å². The lowest BCUT2D eigenvalue weighted by Gasteiger charge is -2.10. The quantitative estimate of drug-likeness (QED) is 0.605. The number of imidazole rings is 1. The van der Waals surface area contributed by atoms with Gasteiger partial charge in [-0.2, -0.15) is 4.98 Å². The van der Waals surface area contributed by atoms with Crippen LogP contribution in [0.25, 0.3) is 16.7 Å². The molecule has 0 radical (unpaired) electrons. The SMILES string of the molecule is Nc1nccc(NCc2nc3ccccc3n2-c2ccccc2)n1. The average molecular weight is 316 g/mol. The summed E-state index contributed by atoms with van der Waals surface area (Å²) in [6.45, 7) is 0.528. The van der Waals surface area contributed by atoms with Crippen molar-refractivity contribution in [3.05, 3.63) is 72.7 Å². The maximum atomic E-state index is 5.63. The molecule has 0 aliphatic heterocycles. The molecule has 0 saturated heterocycles. The summed E-state index contributed by atoms with van der Waals surface area (Å²) in [7, 11) is 0. The van der Waals surface area contributed by atoms with E-state index in [0.717, 1.165) is 22.5 Å². The second-order valence-corrected chi connectivity index (χ2v) is 5.34. The summed E-state index contributed by atoms with van der Waals surface area (Å²) >= 11 is 0. The lowest BCUT2D eigenvalue weighted by Crippen LogP contribution is -2.09. The topological polar surface area (TPSA) is 81.6 Å². The van der Waals surface area contributed by atoms with E-state index in [1.54, 1.807) is 12.3 Å². The van der Waals surface area contributed by atoms with Crippen molar-refractivity contribution in [2.75, 3.05) is 11.1 Å². The Morgan fingerprint density at radius 2 is 1.71 bits per heavy atom. The van der Waals surface area contributed by atoms with E-state index in [1.807, 2.05) is 36.4 Å². The Hall–Kier alpha value is -3.41. The van der Waals surface area contributed by atoms with E-state index in [9.17, 15) is 0 Å². The van der Waals surface area contributed by atoms with E-state index < -0.39 is 0 Å². The van der Waals surface area contributed by atoms with E-state index in [-0.39, 0.29) is 5.95 Å². The molecule has 0 unspecified atom stereocenters. The van der Waals surface area contributed by atoms with Gasteiger partial charge in [-0.1, -0.05) is 30.3 Å². The molecular weight excluding hydrogens is 300 g/mol. The molecule has 0 atom stereocenters. The minimum Gasteiger partial charge on any atom is -0.368 e. The van der Waals surface area contributed by atoms with Crippen molar-refractivity contribution in [1.82, 2.24) is 19.5 Å². The molecule has 0 amide bonds. The third-order valence-electron chi connectivity index (χ3n) is 3.75. The first-order valence-electron chi connectivity index (χ1n) is 7.65. The molecule has 0 aliphatic carbocycles. The summed E-state index contributed by atoms with van der Waals surface area (Å²) in [5.74, 6) is 1.82. The van der Waals surface area contributed by atoms with Crippen molar-refractivity contribution >= 4 is 22.8 Å². The predicted octanol–water partition coefficient (Wildman–Crippen LogP) is 3.01. The molecule has 6 nitrogen and oxygen atoms in total. The largest absolute Gasteiger partial charge is 0.368 e. The number of benzene rings is 2. The van der Waals surface area contributed by atoms with Crippen LogP contribution < -0.4 is 11.1 Å². The smallest absolute Gasteiger partial charge is 0.221 e. The van der Waals surface area contributed by atoms with Gasteiger partial charge in [-0.3, -0.25) is 4.57 Å². The summed E-state index contributed by atoms with van der Waals surface area (Å²) < 4.78 is 2.15. The molecule has 3 N–H and O–H groups in total. The number of rotatable bonds is 4. The summed E-state index contributed by atoms with van der Waals surface area (Å²) in [6.07, 6.45) is 1.63. The highest BCUT2D eigenvalue weighted by atomic mass is 15.1. The fourth-order valence-corrected chi connectivity index (χ4v) is 2.70. The maximum absolute atomic E-state index is 5.63. The lowest BCUT2D eigenvalue weighted by molar-refractivity contribution is 0.910. The number of nitrogen functional groups attached to an aromatic ring is 1. The summed E-state index contributed by atoms with van der Waals surface area (Å²) in [4.78, 5) is 12.8. The van der Waals surface area contributed by atoms with Crippen LogP contribution >= 0.6 is 0 Å². The van der Waals surface area contributed by atoms with Gasteiger partial charge in [-0.05, 0) is 30.3 Å². The minimum atomic E-state index is 0.247. The van der Waals surface area contributed by atoms with Crippen LogP contribution in [-0.4, -0.2) is 19.5 Å². The zero-order valence-electron chi connectivity index (χ0n) is 12.9. The van der Waals surface area contributed by atoms with Gasteiger partial charge in [-0.25, -0.2) is 9.97 Å². The van der Waals surface area contributed by atoms with Crippen molar-refractivity contribution in [3.63, 3.8) is 0 Å². The molecule has 0 spiro atoms. The molecule has 0 fully saturated rings. The van der Waals surface area contributed by atoms with Crippen molar-refractivity contribution in [3.8, 4) is 5.69 Å². The first kappa shape index (κ1) is 14.2. The molecule has 4 rings (SSSR count). The highest BCUT2D eigenvalue weighted by Gasteiger charge is 2.12. The predicted molar refractivity (Wildman–Crippen MR) is 94.8 cm³/mol. The molecule has 24 heavy (non-hydrogen) atoms. The van der Waals surface area contributed by atoms with Crippen molar-refractivity contribution in [2.24, 2.45) is 0 Å². The summed E-state index contributed by atoms with van der Waals surface area (Å²) in [5, 5.41) is 3.26. The molecule has 0 aliphatic rings. The van der Waals surface area contributed by atoms with Gasteiger partial charge in [0, 0.05) is 11.9 Å². The number of fused-ring (bicyclic) bond motifs is 1.